The number of pyridine rings is 1. The van der Waals surface area contributed by atoms with Gasteiger partial charge in [-0.15, -0.1) is 11.3 Å². The molecule has 2 aliphatic rings. The molecule has 0 bridgehead atoms. The number of rotatable bonds is 8. The van der Waals surface area contributed by atoms with Crippen LogP contribution in [0, 0.1) is 17.5 Å². The molecule has 2 aromatic rings. The van der Waals surface area contributed by atoms with E-state index in [-0.39, 0.29) is 21.7 Å². The lowest BCUT2D eigenvalue weighted by molar-refractivity contribution is -0.0626. The number of hydrogen-bond donors (Lipinski definition) is 0. The molecule has 1 unspecified atom stereocenters. The zero-order valence-electron chi connectivity index (χ0n) is 18.1. The third-order valence-electron chi connectivity index (χ3n) is 7.33. The number of nitrogens with zero attached hydrogens (tertiary/aromatic N) is 2. The van der Waals surface area contributed by atoms with Gasteiger partial charge in [0, 0.05) is 40.9 Å². The van der Waals surface area contributed by atoms with Crippen molar-refractivity contribution in [2.45, 2.75) is 70.9 Å². The molecule has 0 N–H and O–H groups in total. The minimum absolute atomic E-state index is 0.00785. The lowest BCUT2D eigenvalue weighted by Gasteiger charge is -2.41. The van der Waals surface area contributed by atoms with Gasteiger partial charge >= 0.3 is 0 Å². The molecule has 1 saturated carbocycles. The van der Waals surface area contributed by atoms with Crippen LogP contribution in [0.1, 0.15) is 62.6 Å². The SMILES string of the molecule is CCOC1(C2(CCc3ccc(F)s3)CCN(C(C)(C)c3ccc(C)nc3)C2)CC1. The molecular weight excluding hydrogens is 383 g/mol. The van der Waals surface area contributed by atoms with Crippen LogP contribution in [0.2, 0.25) is 0 Å². The van der Waals surface area contributed by atoms with E-state index >= 15 is 0 Å². The lowest BCUT2D eigenvalue weighted by Crippen LogP contribution is -2.46. The van der Waals surface area contributed by atoms with Crippen LogP contribution >= 0.6 is 11.3 Å². The quantitative estimate of drug-likeness (QED) is 0.550. The summed E-state index contributed by atoms with van der Waals surface area (Å²) in [4.78, 5) is 8.30. The predicted molar refractivity (Wildman–Crippen MR) is 117 cm³/mol. The zero-order chi connectivity index (χ0) is 20.7. The van der Waals surface area contributed by atoms with Crippen LogP contribution in [-0.2, 0) is 16.7 Å². The molecule has 158 valence electrons. The summed E-state index contributed by atoms with van der Waals surface area (Å²) >= 11 is 1.29. The van der Waals surface area contributed by atoms with Crippen molar-refractivity contribution in [2.24, 2.45) is 5.41 Å². The van der Waals surface area contributed by atoms with Crippen LogP contribution in [0.5, 0.6) is 0 Å². The molecule has 0 amide bonds. The molecule has 1 aliphatic carbocycles. The second-order valence-electron chi connectivity index (χ2n) is 9.33. The predicted octanol–water partition coefficient (Wildman–Crippen LogP) is 5.72. The summed E-state index contributed by atoms with van der Waals surface area (Å²) in [6, 6.07) is 7.86. The van der Waals surface area contributed by atoms with E-state index in [9.17, 15) is 4.39 Å². The molecule has 1 saturated heterocycles. The van der Waals surface area contributed by atoms with Gasteiger partial charge in [-0.1, -0.05) is 6.07 Å². The normalized spacial score (nSPS) is 24.2. The maximum absolute atomic E-state index is 13.5. The number of halogens is 1. The van der Waals surface area contributed by atoms with Crippen LogP contribution < -0.4 is 0 Å². The van der Waals surface area contributed by atoms with Crippen LogP contribution in [0.3, 0.4) is 0 Å². The molecule has 29 heavy (non-hydrogen) atoms. The zero-order valence-corrected chi connectivity index (χ0v) is 18.9. The molecule has 0 radical (unpaired) electrons. The summed E-state index contributed by atoms with van der Waals surface area (Å²) in [5, 5.41) is -0.0824. The third-order valence-corrected chi connectivity index (χ3v) is 8.27. The van der Waals surface area contributed by atoms with Crippen molar-refractivity contribution in [3.8, 4) is 0 Å². The highest BCUT2D eigenvalue weighted by atomic mass is 32.1. The van der Waals surface area contributed by atoms with E-state index in [2.05, 4.69) is 42.8 Å². The van der Waals surface area contributed by atoms with Gasteiger partial charge in [-0.2, -0.15) is 4.39 Å². The van der Waals surface area contributed by atoms with Crippen molar-refractivity contribution in [2.75, 3.05) is 19.7 Å². The third kappa shape index (κ3) is 3.89. The van der Waals surface area contributed by atoms with Gasteiger partial charge in [0.25, 0.3) is 0 Å². The minimum Gasteiger partial charge on any atom is -0.375 e. The first-order chi connectivity index (χ1) is 13.8. The Kier molecular flexibility index (Phi) is 5.60. The number of aromatic nitrogens is 1. The fourth-order valence-corrected chi connectivity index (χ4v) is 5.96. The van der Waals surface area contributed by atoms with Crippen molar-refractivity contribution in [3.05, 3.63) is 51.7 Å². The van der Waals surface area contributed by atoms with E-state index in [1.807, 2.05) is 19.2 Å². The van der Waals surface area contributed by atoms with Gasteiger partial charge < -0.3 is 4.74 Å². The summed E-state index contributed by atoms with van der Waals surface area (Å²) in [6.45, 7) is 11.6. The molecule has 2 fully saturated rings. The molecular formula is C24H33FN2OS. The average Bonchev–Trinajstić information content (AvgIpc) is 3.15. The Morgan fingerprint density at radius 2 is 2.00 bits per heavy atom. The summed E-state index contributed by atoms with van der Waals surface area (Å²) in [5.74, 6) is 0. The minimum atomic E-state index is -0.0824. The second kappa shape index (κ2) is 7.75. The largest absolute Gasteiger partial charge is 0.375 e. The van der Waals surface area contributed by atoms with E-state index in [4.69, 9.17) is 4.74 Å². The topological polar surface area (TPSA) is 25.4 Å². The molecule has 5 heteroatoms. The highest BCUT2D eigenvalue weighted by Crippen LogP contribution is 2.60. The Morgan fingerprint density at radius 1 is 1.21 bits per heavy atom. The van der Waals surface area contributed by atoms with E-state index < -0.39 is 0 Å². The summed E-state index contributed by atoms with van der Waals surface area (Å²) in [5.41, 5.74) is 2.39. The molecule has 4 rings (SSSR count). The van der Waals surface area contributed by atoms with E-state index in [0.29, 0.717) is 0 Å². The van der Waals surface area contributed by atoms with Gasteiger partial charge in [0.15, 0.2) is 5.13 Å². The highest BCUT2D eigenvalue weighted by molar-refractivity contribution is 7.10. The van der Waals surface area contributed by atoms with Crippen molar-refractivity contribution in [1.29, 1.82) is 0 Å². The Labute approximate surface area is 178 Å². The molecule has 2 aromatic heterocycles. The molecule has 3 nitrogen and oxygen atoms in total. The molecule has 1 aliphatic heterocycles. The van der Waals surface area contributed by atoms with Crippen molar-refractivity contribution in [1.82, 2.24) is 9.88 Å². The molecule has 3 heterocycles. The number of likely N-dealkylation sites (tertiary alicyclic amines) is 1. The van der Waals surface area contributed by atoms with Crippen LogP contribution in [-0.4, -0.2) is 35.2 Å². The first kappa shape index (κ1) is 21.0. The lowest BCUT2D eigenvalue weighted by atomic mass is 9.74. The Hall–Kier alpha value is -1.30. The van der Waals surface area contributed by atoms with E-state index in [1.54, 1.807) is 6.07 Å². The number of hydrogen-bond acceptors (Lipinski definition) is 4. The van der Waals surface area contributed by atoms with Gasteiger partial charge in [-0.25, -0.2) is 0 Å². The van der Waals surface area contributed by atoms with Crippen LogP contribution in [0.4, 0.5) is 4.39 Å². The van der Waals surface area contributed by atoms with Crippen LogP contribution in [0.25, 0.3) is 0 Å². The Morgan fingerprint density at radius 3 is 2.59 bits per heavy atom. The summed E-state index contributed by atoms with van der Waals surface area (Å²) in [7, 11) is 0. The van der Waals surface area contributed by atoms with E-state index in [1.165, 1.54) is 16.9 Å². The van der Waals surface area contributed by atoms with Crippen molar-refractivity contribution < 1.29 is 9.13 Å². The smallest absolute Gasteiger partial charge is 0.176 e. The monoisotopic (exact) mass is 416 g/mol. The first-order valence-electron chi connectivity index (χ1n) is 10.9. The van der Waals surface area contributed by atoms with Crippen LogP contribution in [0.15, 0.2) is 30.5 Å². The van der Waals surface area contributed by atoms with Crippen molar-refractivity contribution in [3.63, 3.8) is 0 Å². The van der Waals surface area contributed by atoms with Gasteiger partial charge in [-0.3, -0.25) is 9.88 Å². The second-order valence-corrected chi connectivity index (χ2v) is 10.5. The fraction of sp³-hybridized carbons (Fsp3) is 0.625. The summed E-state index contributed by atoms with van der Waals surface area (Å²) in [6.07, 6.45) is 7.47. The van der Waals surface area contributed by atoms with Gasteiger partial charge in [-0.05, 0) is 90.1 Å². The molecule has 0 aromatic carbocycles. The number of thiophene rings is 1. The maximum atomic E-state index is 13.5. The average molecular weight is 417 g/mol. The highest BCUT2D eigenvalue weighted by Gasteiger charge is 2.62. The molecule has 0 spiro atoms. The maximum Gasteiger partial charge on any atom is 0.176 e. The molecule has 1 atom stereocenters. The number of ether oxygens (including phenoxy) is 1. The van der Waals surface area contributed by atoms with Crippen molar-refractivity contribution >= 4 is 11.3 Å². The Bertz CT molecular complexity index is 843. The summed E-state index contributed by atoms with van der Waals surface area (Å²) < 4.78 is 19.9. The van der Waals surface area contributed by atoms with E-state index in [0.717, 1.165) is 62.4 Å². The van der Waals surface area contributed by atoms with Gasteiger partial charge in [0.1, 0.15) is 0 Å². The fourth-order valence-electron chi connectivity index (χ4n) is 5.23. The standard InChI is InChI=1S/C24H33FN2OS/c1-5-28-24(12-13-24)23(11-10-20-8-9-21(25)29-20)14-15-27(17-23)22(3,4)19-7-6-18(2)26-16-19/h6-9,16H,5,10-15,17H2,1-4H3. The number of aryl methyl sites for hydroxylation is 2. The Balaban J connectivity index is 1.57. The first-order valence-corrected chi connectivity index (χ1v) is 11.7. The van der Waals surface area contributed by atoms with Gasteiger partial charge in [0.05, 0.1) is 5.60 Å². The van der Waals surface area contributed by atoms with Gasteiger partial charge in [0.2, 0.25) is 0 Å².